The maximum Gasteiger partial charge on any atom is 0.222 e. The van der Waals surface area contributed by atoms with E-state index in [0.29, 0.717) is 6.29 Å². The van der Waals surface area contributed by atoms with E-state index in [1.54, 1.807) is 0 Å². The first-order chi connectivity index (χ1) is 6.83. The van der Waals surface area contributed by atoms with Crippen LogP contribution in [0.15, 0.2) is 6.20 Å². The topological polar surface area (TPSA) is 34.9 Å². The van der Waals surface area contributed by atoms with Crippen LogP contribution in [-0.4, -0.2) is 16.1 Å². The first-order valence-electron chi connectivity index (χ1n) is 5.01. The van der Waals surface area contributed by atoms with E-state index in [2.05, 4.69) is 5.10 Å². The number of rotatable bonds is 2. The minimum atomic E-state index is -0.480. The van der Waals surface area contributed by atoms with Crippen molar-refractivity contribution < 1.29 is 9.18 Å². The summed E-state index contributed by atoms with van der Waals surface area (Å²) >= 11 is 0. The number of halogens is 1. The second kappa shape index (κ2) is 3.90. The molecule has 0 atom stereocenters. The van der Waals surface area contributed by atoms with Gasteiger partial charge in [0.25, 0.3) is 0 Å². The van der Waals surface area contributed by atoms with Crippen molar-refractivity contribution in [3.05, 3.63) is 17.7 Å². The summed E-state index contributed by atoms with van der Waals surface area (Å²) in [6.45, 7) is 0. The van der Waals surface area contributed by atoms with Crippen LogP contribution < -0.4 is 0 Å². The second-order valence-electron chi connectivity index (χ2n) is 3.74. The monoisotopic (exact) mass is 196 g/mol. The lowest BCUT2D eigenvalue weighted by Gasteiger charge is -2.21. The van der Waals surface area contributed by atoms with Crippen LogP contribution in [0.2, 0.25) is 0 Å². The minimum Gasteiger partial charge on any atom is -0.298 e. The van der Waals surface area contributed by atoms with Crippen LogP contribution in [0.25, 0.3) is 0 Å². The van der Waals surface area contributed by atoms with Crippen LogP contribution in [0.4, 0.5) is 4.39 Å². The SMILES string of the molecule is O=Cc1cnn(C2CCCCC2)c1F. The van der Waals surface area contributed by atoms with E-state index in [4.69, 9.17) is 0 Å². The zero-order chi connectivity index (χ0) is 9.97. The number of nitrogens with zero attached hydrogens (tertiary/aromatic N) is 2. The number of aromatic nitrogens is 2. The van der Waals surface area contributed by atoms with Crippen molar-refractivity contribution in [2.24, 2.45) is 0 Å². The molecule has 0 saturated heterocycles. The molecule has 0 amide bonds. The van der Waals surface area contributed by atoms with Crippen LogP contribution in [0.1, 0.15) is 48.5 Å². The molecule has 1 aromatic heterocycles. The molecule has 2 rings (SSSR count). The number of hydrogen-bond donors (Lipinski definition) is 0. The maximum absolute atomic E-state index is 13.5. The quantitative estimate of drug-likeness (QED) is 0.680. The molecule has 76 valence electrons. The number of aldehydes is 1. The van der Waals surface area contributed by atoms with Gasteiger partial charge >= 0.3 is 0 Å². The van der Waals surface area contributed by atoms with Crippen LogP contribution >= 0.6 is 0 Å². The standard InChI is InChI=1S/C10H13FN2O/c11-10-8(7-14)6-12-13(10)9-4-2-1-3-5-9/h6-7,9H,1-5H2. The molecular formula is C10H13FN2O. The molecule has 1 aromatic rings. The molecular weight excluding hydrogens is 183 g/mol. The van der Waals surface area contributed by atoms with Crippen molar-refractivity contribution in [2.45, 2.75) is 38.1 Å². The molecule has 3 nitrogen and oxygen atoms in total. The van der Waals surface area contributed by atoms with Crippen molar-refractivity contribution in [1.82, 2.24) is 9.78 Å². The van der Waals surface area contributed by atoms with Gasteiger partial charge in [-0.05, 0) is 12.8 Å². The summed E-state index contributed by atoms with van der Waals surface area (Å²) in [4.78, 5) is 10.4. The van der Waals surface area contributed by atoms with Crippen molar-refractivity contribution in [3.8, 4) is 0 Å². The highest BCUT2D eigenvalue weighted by atomic mass is 19.1. The van der Waals surface area contributed by atoms with Gasteiger partial charge in [0.1, 0.15) is 0 Å². The maximum atomic E-state index is 13.5. The zero-order valence-electron chi connectivity index (χ0n) is 7.95. The first kappa shape index (κ1) is 9.37. The molecule has 0 unspecified atom stereocenters. The highest BCUT2D eigenvalue weighted by Gasteiger charge is 2.20. The Kier molecular flexibility index (Phi) is 2.61. The van der Waals surface area contributed by atoms with E-state index in [-0.39, 0.29) is 11.6 Å². The summed E-state index contributed by atoms with van der Waals surface area (Å²) in [7, 11) is 0. The van der Waals surface area contributed by atoms with Gasteiger partial charge in [0.05, 0.1) is 17.8 Å². The number of hydrogen-bond acceptors (Lipinski definition) is 2. The molecule has 1 aliphatic carbocycles. The van der Waals surface area contributed by atoms with E-state index < -0.39 is 5.95 Å². The Labute approximate surface area is 81.9 Å². The Balaban J connectivity index is 2.22. The summed E-state index contributed by atoms with van der Waals surface area (Å²) in [6.07, 6.45) is 7.23. The van der Waals surface area contributed by atoms with Crippen LogP contribution in [0, 0.1) is 5.95 Å². The lowest BCUT2D eigenvalue weighted by Crippen LogP contribution is -2.16. The zero-order valence-corrected chi connectivity index (χ0v) is 7.95. The molecule has 14 heavy (non-hydrogen) atoms. The third-order valence-corrected chi connectivity index (χ3v) is 2.81. The number of carbonyl (C=O) groups excluding carboxylic acids is 1. The van der Waals surface area contributed by atoms with Gasteiger partial charge in [0, 0.05) is 0 Å². The van der Waals surface area contributed by atoms with Crippen molar-refractivity contribution in [3.63, 3.8) is 0 Å². The molecule has 0 aromatic carbocycles. The lowest BCUT2D eigenvalue weighted by atomic mass is 9.96. The Morgan fingerprint density at radius 3 is 2.71 bits per heavy atom. The van der Waals surface area contributed by atoms with Gasteiger partial charge in [-0.15, -0.1) is 0 Å². The third-order valence-electron chi connectivity index (χ3n) is 2.81. The Bertz CT molecular complexity index is 329. The molecule has 0 bridgehead atoms. The van der Waals surface area contributed by atoms with Gasteiger partial charge in [-0.1, -0.05) is 19.3 Å². The average molecular weight is 196 g/mol. The fourth-order valence-electron chi connectivity index (χ4n) is 2.02. The van der Waals surface area contributed by atoms with E-state index >= 15 is 0 Å². The van der Waals surface area contributed by atoms with Crippen LogP contribution in [-0.2, 0) is 0 Å². The molecule has 0 spiro atoms. The fraction of sp³-hybridized carbons (Fsp3) is 0.600. The van der Waals surface area contributed by atoms with Gasteiger partial charge in [-0.2, -0.15) is 9.49 Å². The van der Waals surface area contributed by atoms with Crippen LogP contribution in [0.3, 0.4) is 0 Å². The number of carbonyl (C=O) groups is 1. The Morgan fingerprint density at radius 1 is 1.43 bits per heavy atom. The summed E-state index contributed by atoms with van der Waals surface area (Å²) in [5.74, 6) is -0.480. The summed E-state index contributed by atoms with van der Waals surface area (Å²) in [5.41, 5.74) is 0.0653. The third kappa shape index (κ3) is 1.56. The van der Waals surface area contributed by atoms with Gasteiger partial charge in [-0.25, -0.2) is 4.68 Å². The molecule has 0 aliphatic heterocycles. The average Bonchev–Trinajstić information content (AvgIpc) is 2.61. The highest BCUT2D eigenvalue weighted by molar-refractivity contribution is 5.73. The Morgan fingerprint density at radius 2 is 2.14 bits per heavy atom. The molecule has 0 radical (unpaired) electrons. The summed E-state index contributed by atoms with van der Waals surface area (Å²) in [5, 5.41) is 3.92. The van der Waals surface area contributed by atoms with E-state index in [0.717, 1.165) is 25.7 Å². The second-order valence-corrected chi connectivity index (χ2v) is 3.74. The van der Waals surface area contributed by atoms with Crippen LogP contribution in [0.5, 0.6) is 0 Å². The van der Waals surface area contributed by atoms with E-state index in [9.17, 15) is 9.18 Å². The molecule has 4 heteroatoms. The molecule has 1 saturated carbocycles. The van der Waals surface area contributed by atoms with Gasteiger partial charge in [-0.3, -0.25) is 4.79 Å². The van der Waals surface area contributed by atoms with Crippen molar-refractivity contribution in [2.75, 3.05) is 0 Å². The molecule has 1 fully saturated rings. The lowest BCUT2D eigenvalue weighted by molar-refractivity contribution is 0.111. The van der Waals surface area contributed by atoms with Gasteiger partial charge < -0.3 is 0 Å². The van der Waals surface area contributed by atoms with Gasteiger partial charge in [0.2, 0.25) is 5.95 Å². The summed E-state index contributed by atoms with van der Waals surface area (Å²) < 4.78 is 14.9. The highest BCUT2D eigenvalue weighted by Crippen LogP contribution is 2.28. The smallest absolute Gasteiger partial charge is 0.222 e. The predicted molar refractivity (Wildman–Crippen MR) is 49.7 cm³/mol. The molecule has 1 aliphatic rings. The molecule has 1 heterocycles. The largest absolute Gasteiger partial charge is 0.298 e. The molecule has 0 N–H and O–H groups in total. The van der Waals surface area contributed by atoms with Crippen molar-refractivity contribution in [1.29, 1.82) is 0 Å². The van der Waals surface area contributed by atoms with Crippen molar-refractivity contribution >= 4 is 6.29 Å². The predicted octanol–water partition coefficient (Wildman–Crippen LogP) is 2.34. The summed E-state index contributed by atoms with van der Waals surface area (Å²) in [6, 6.07) is 0.150. The van der Waals surface area contributed by atoms with E-state index in [1.807, 2.05) is 0 Å². The normalized spacial score (nSPS) is 18.4. The fourth-order valence-corrected chi connectivity index (χ4v) is 2.02. The minimum absolute atomic E-state index is 0.0653. The van der Waals surface area contributed by atoms with E-state index in [1.165, 1.54) is 17.3 Å². The first-order valence-corrected chi connectivity index (χ1v) is 5.01. The van der Waals surface area contributed by atoms with Gasteiger partial charge in [0.15, 0.2) is 6.29 Å². The Hall–Kier alpha value is -1.19.